The Bertz CT molecular complexity index is 150. The molecule has 0 spiro atoms. The third-order valence-electron chi connectivity index (χ3n) is 2.73. The van der Waals surface area contributed by atoms with Crippen molar-refractivity contribution in [3.05, 3.63) is 0 Å². The Labute approximate surface area is 82.8 Å². The summed E-state index contributed by atoms with van der Waals surface area (Å²) in [5.41, 5.74) is 0. The van der Waals surface area contributed by atoms with E-state index in [-0.39, 0.29) is 0 Å². The van der Waals surface area contributed by atoms with Crippen molar-refractivity contribution in [2.45, 2.75) is 39.2 Å². The lowest BCUT2D eigenvalue weighted by molar-refractivity contribution is 0.0897. The van der Waals surface area contributed by atoms with Gasteiger partial charge in [-0.2, -0.15) is 0 Å². The highest BCUT2D eigenvalue weighted by Crippen LogP contribution is 2.19. The maximum Gasteiger partial charge on any atom is 0.138 e. The van der Waals surface area contributed by atoms with E-state index in [1.54, 1.807) is 0 Å². The highest BCUT2D eigenvalue weighted by Gasteiger charge is 2.26. The van der Waals surface area contributed by atoms with Crippen LogP contribution in [0, 0.1) is 11.8 Å². The second kappa shape index (κ2) is 5.01. The van der Waals surface area contributed by atoms with Gasteiger partial charge in [-0.05, 0) is 25.2 Å². The molecule has 1 fully saturated rings. The van der Waals surface area contributed by atoms with Gasteiger partial charge >= 0.3 is 0 Å². The third kappa shape index (κ3) is 3.69. The summed E-state index contributed by atoms with van der Waals surface area (Å²) in [5.74, 6) is 1.49. The highest BCUT2D eigenvalue weighted by atomic mass is 16.5. The number of ether oxygens (including phenoxy) is 1. The zero-order valence-corrected chi connectivity index (χ0v) is 9.34. The molecule has 0 aromatic carbocycles. The molecule has 3 heteroatoms. The van der Waals surface area contributed by atoms with Gasteiger partial charge in [-0.3, -0.25) is 0 Å². The molecule has 13 heavy (non-hydrogen) atoms. The lowest BCUT2D eigenvalue weighted by Gasteiger charge is -2.15. The van der Waals surface area contributed by atoms with Crippen LogP contribution in [0.25, 0.3) is 0 Å². The van der Waals surface area contributed by atoms with E-state index in [0.29, 0.717) is 12.0 Å². The minimum atomic E-state index is 0.373. The van der Waals surface area contributed by atoms with Gasteiger partial charge < -0.3 is 10.1 Å². The summed E-state index contributed by atoms with van der Waals surface area (Å²) in [4.78, 5) is 0. The van der Waals surface area contributed by atoms with Crippen molar-refractivity contribution >= 4 is 7.85 Å². The molecule has 0 aliphatic carbocycles. The van der Waals surface area contributed by atoms with E-state index in [0.717, 1.165) is 25.0 Å². The van der Waals surface area contributed by atoms with Crippen LogP contribution in [0.5, 0.6) is 0 Å². The third-order valence-corrected chi connectivity index (χ3v) is 2.73. The quantitative estimate of drug-likeness (QED) is 0.645. The first kappa shape index (κ1) is 11.1. The molecule has 1 aliphatic heterocycles. The molecule has 0 radical (unpaired) electrons. The van der Waals surface area contributed by atoms with E-state index in [9.17, 15) is 0 Å². The van der Waals surface area contributed by atoms with Gasteiger partial charge in [0.2, 0.25) is 0 Å². The molecule has 0 aromatic rings. The molecule has 0 amide bonds. The first-order valence-corrected chi connectivity index (χ1v) is 5.44. The van der Waals surface area contributed by atoms with Crippen molar-refractivity contribution in [3.63, 3.8) is 0 Å². The van der Waals surface area contributed by atoms with Crippen LogP contribution in [0.4, 0.5) is 0 Å². The van der Waals surface area contributed by atoms with Gasteiger partial charge in [0.1, 0.15) is 7.85 Å². The molecule has 0 saturated carbocycles. The summed E-state index contributed by atoms with van der Waals surface area (Å²) in [5, 5.41) is 3.55. The Kier molecular flexibility index (Phi) is 4.27. The van der Waals surface area contributed by atoms with E-state index in [1.165, 1.54) is 6.42 Å². The maximum atomic E-state index is 5.61. The molecule has 1 saturated heterocycles. The zero-order valence-electron chi connectivity index (χ0n) is 9.34. The van der Waals surface area contributed by atoms with E-state index in [4.69, 9.17) is 4.74 Å². The smallest absolute Gasteiger partial charge is 0.138 e. The fourth-order valence-corrected chi connectivity index (χ4v) is 1.81. The summed E-state index contributed by atoms with van der Waals surface area (Å²) < 4.78 is 5.61. The fraction of sp³-hybridized carbons (Fsp3) is 1.00. The molecule has 2 unspecified atom stereocenters. The first-order valence-electron chi connectivity index (χ1n) is 5.44. The van der Waals surface area contributed by atoms with Crippen molar-refractivity contribution in [2.24, 2.45) is 11.8 Å². The Morgan fingerprint density at radius 3 is 2.62 bits per heavy atom. The zero-order chi connectivity index (χ0) is 9.84. The van der Waals surface area contributed by atoms with Crippen LogP contribution in [0.15, 0.2) is 0 Å². The molecular weight excluding hydrogens is 161 g/mol. The van der Waals surface area contributed by atoms with Gasteiger partial charge in [0, 0.05) is 25.2 Å². The van der Waals surface area contributed by atoms with Crippen LogP contribution >= 0.6 is 0 Å². The van der Waals surface area contributed by atoms with E-state index < -0.39 is 0 Å². The van der Waals surface area contributed by atoms with Gasteiger partial charge in [-0.1, -0.05) is 13.8 Å². The predicted molar refractivity (Wildman–Crippen MR) is 58.7 cm³/mol. The van der Waals surface area contributed by atoms with Crippen LogP contribution in [0.3, 0.4) is 0 Å². The van der Waals surface area contributed by atoms with Crippen molar-refractivity contribution in [3.8, 4) is 0 Å². The van der Waals surface area contributed by atoms with Gasteiger partial charge in [0.25, 0.3) is 0 Å². The number of rotatable bonds is 4. The van der Waals surface area contributed by atoms with Crippen molar-refractivity contribution in [2.75, 3.05) is 13.2 Å². The van der Waals surface area contributed by atoms with Gasteiger partial charge in [-0.15, -0.1) is 0 Å². The van der Waals surface area contributed by atoms with Gasteiger partial charge in [-0.25, -0.2) is 0 Å². The molecular formula is C10H22BNO. The van der Waals surface area contributed by atoms with Crippen LogP contribution in [0.2, 0.25) is 0 Å². The molecule has 0 bridgehead atoms. The van der Waals surface area contributed by atoms with Crippen LogP contribution < -0.4 is 5.32 Å². The summed E-state index contributed by atoms with van der Waals surface area (Å²) in [6.07, 6.45) is 1.28. The summed E-state index contributed by atoms with van der Waals surface area (Å²) in [6, 6.07) is 1.08. The predicted octanol–water partition coefficient (Wildman–Crippen LogP) is 0.616. The minimum absolute atomic E-state index is 0.373. The van der Waals surface area contributed by atoms with Crippen LogP contribution in [-0.4, -0.2) is 33.0 Å². The monoisotopic (exact) mass is 183 g/mol. The van der Waals surface area contributed by atoms with E-state index in [1.807, 2.05) is 0 Å². The largest absolute Gasteiger partial charge is 0.387 e. The Morgan fingerprint density at radius 2 is 2.15 bits per heavy atom. The fourth-order valence-electron chi connectivity index (χ4n) is 1.81. The molecule has 1 N–H and O–H groups in total. The first-order chi connectivity index (χ1) is 6.09. The Hall–Kier alpha value is -0.0151. The van der Waals surface area contributed by atoms with Crippen LogP contribution in [0.1, 0.15) is 27.2 Å². The highest BCUT2D eigenvalue weighted by molar-refractivity contribution is 6.10. The average molecular weight is 183 g/mol. The molecule has 3 atom stereocenters. The number of hydrogen-bond donors (Lipinski definition) is 1. The van der Waals surface area contributed by atoms with Crippen LogP contribution in [-0.2, 0) is 4.74 Å². The average Bonchev–Trinajstić information content (AvgIpc) is 2.48. The lowest BCUT2D eigenvalue weighted by Crippen LogP contribution is -2.26. The molecule has 2 nitrogen and oxygen atoms in total. The molecule has 1 rings (SSSR count). The van der Waals surface area contributed by atoms with Crippen molar-refractivity contribution < 1.29 is 4.74 Å². The lowest BCUT2D eigenvalue weighted by atomic mass is 9.98. The SMILES string of the molecule is BC(C)OCC1CN[C@H](C(C)C)C1. The normalized spacial score (nSPS) is 31.1. The maximum absolute atomic E-state index is 5.61. The summed E-state index contributed by atoms with van der Waals surface area (Å²) in [6.45, 7) is 8.72. The number of hydrogen-bond acceptors (Lipinski definition) is 2. The minimum Gasteiger partial charge on any atom is -0.387 e. The number of nitrogens with one attached hydrogen (secondary N) is 1. The van der Waals surface area contributed by atoms with E-state index in [2.05, 4.69) is 33.9 Å². The molecule has 1 aliphatic rings. The molecule has 76 valence electrons. The molecule has 1 heterocycles. The summed E-state index contributed by atoms with van der Waals surface area (Å²) >= 11 is 0. The van der Waals surface area contributed by atoms with Crippen molar-refractivity contribution in [1.29, 1.82) is 0 Å². The van der Waals surface area contributed by atoms with Gasteiger partial charge in [0.15, 0.2) is 0 Å². The standard InChI is InChI=1S/C10H22BNO/c1-7(2)10-4-9(5-12-10)6-13-8(3)11/h7-10,12H,4-6,11H2,1-3H3/t8?,9?,10-/m0/s1. The van der Waals surface area contributed by atoms with Crippen molar-refractivity contribution in [1.82, 2.24) is 5.32 Å². The van der Waals surface area contributed by atoms with Gasteiger partial charge in [0.05, 0.1) is 0 Å². The Morgan fingerprint density at radius 1 is 1.46 bits per heavy atom. The van der Waals surface area contributed by atoms with E-state index >= 15 is 0 Å². The summed E-state index contributed by atoms with van der Waals surface area (Å²) in [7, 11) is 2.10. The second-order valence-corrected chi connectivity index (χ2v) is 4.74. The molecule has 0 aromatic heterocycles. The second-order valence-electron chi connectivity index (χ2n) is 4.74. The topological polar surface area (TPSA) is 21.3 Å². The Balaban J connectivity index is 2.17.